The zero-order valence-corrected chi connectivity index (χ0v) is 10.3. The standard InChI is InChI=1S/C10H18ClN2.ClH/c1-3-4-5-10(11)8-13-7-6-12(2)9-13;/h6-7,9-10H,3-5,8H2,1-2H3;1H/q+1;/p-1. The van der Waals surface area contributed by atoms with Gasteiger partial charge in [-0.1, -0.05) is 19.8 Å². The number of nitrogens with zero attached hydrogens (tertiary/aromatic N) is 2. The highest BCUT2D eigenvalue weighted by atomic mass is 35.5. The third kappa shape index (κ3) is 4.87. The van der Waals surface area contributed by atoms with Crippen LogP contribution in [0.3, 0.4) is 0 Å². The van der Waals surface area contributed by atoms with Crippen LogP contribution in [0.25, 0.3) is 0 Å². The molecule has 1 atom stereocenters. The highest BCUT2D eigenvalue weighted by Gasteiger charge is 2.08. The van der Waals surface area contributed by atoms with Crippen LogP contribution in [0.5, 0.6) is 0 Å². The van der Waals surface area contributed by atoms with Crippen molar-refractivity contribution in [2.24, 2.45) is 7.05 Å². The first-order chi connectivity index (χ1) is 6.22. The summed E-state index contributed by atoms with van der Waals surface area (Å²) in [5.74, 6) is 0. The van der Waals surface area contributed by atoms with Crippen molar-refractivity contribution >= 4 is 11.6 Å². The van der Waals surface area contributed by atoms with Crippen LogP contribution in [-0.2, 0) is 13.6 Å². The lowest BCUT2D eigenvalue weighted by Crippen LogP contribution is -3.00. The van der Waals surface area contributed by atoms with E-state index >= 15 is 0 Å². The van der Waals surface area contributed by atoms with Crippen molar-refractivity contribution in [1.82, 2.24) is 4.57 Å². The summed E-state index contributed by atoms with van der Waals surface area (Å²) in [4.78, 5) is 0. The second kappa shape index (κ2) is 7.13. The van der Waals surface area contributed by atoms with Gasteiger partial charge >= 0.3 is 0 Å². The Hall–Kier alpha value is -0.210. The average molecular weight is 237 g/mol. The monoisotopic (exact) mass is 236 g/mol. The zero-order valence-electron chi connectivity index (χ0n) is 8.79. The smallest absolute Gasteiger partial charge is 0.243 e. The first kappa shape index (κ1) is 13.8. The highest BCUT2D eigenvalue weighted by Crippen LogP contribution is 2.09. The zero-order chi connectivity index (χ0) is 9.68. The fraction of sp³-hybridized carbons (Fsp3) is 0.700. The maximum atomic E-state index is 6.17. The van der Waals surface area contributed by atoms with Gasteiger partial charge in [-0.3, -0.25) is 0 Å². The Morgan fingerprint density at radius 1 is 1.50 bits per heavy atom. The molecule has 4 heteroatoms. The molecule has 0 saturated heterocycles. The minimum atomic E-state index is 0. The first-order valence-corrected chi connectivity index (χ1v) is 5.31. The number of hydrogen-bond donors (Lipinski definition) is 0. The van der Waals surface area contributed by atoms with Gasteiger partial charge in [0.15, 0.2) is 0 Å². The Morgan fingerprint density at radius 2 is 2.21 bits per heavy atom. The quantitative estimate of drug-likeness (QED) is 0.464. The molecular formula is C10H18Cl2N2. The van der Waals surface area contributed by atoms with Crippen molar-refractivity contribution in [3.8, 4) is 0 Å². The maximum Gasteiger partial charge on any atom is 0.243 e. The van der Waals surface area contributed by atoms with Gasteiger partial charge in [-0.15, -0.1) is 11.6 Å². The van der Waals surface area contributed by atoms with E-state index in [1.807, 2.05) is 17.8 Å². The Balaban J connectivity index is 0.00000169. The third-order valence-corrected chi connectivity index (χ3v) is 2.46. The molecule has 0 bridgehead atoms. The summed E-state index contributed by atoms with van der Waals surface area (Å²) < 4.78 is 4.16. The lowest BCUT2D eigenvalue weighted by atomic mass is 10.2. The molecule has 0 aliphatic rings. The van der Waals surface area contributed by atoms with Gasteiger partial charge < -0.3 is 12.4 Å². The van der Waals surface area contributed by atoms with Crippen LogP contribution in [0.15, 0.2) is 18.7 Å². The summed E-state index contributed by atoms with van der Waals surface area (Å²) in [6.45, 7) is 3.11. The normalized spacial score (nSPS) is 12.2. The van der Waals surface area contributed by atoms with Crippen LogP contribution in [0, 0.1) is 0 Å². The predicted octanol–water partition coefficient (Wildman–Crippen LogP) is -0.886. The first-order valence-electron chi connectivity index (χ1n) is 4.87. The SMILES string of the molecule is CCCCC(Cl)Cn1cc[n+](C)c1.[Cl-]. The van der Waals surface area contributed by atoms with Gasteiger partial charge in [0.05, 0.1) is 12.4 Å². The van der Waals surface area contributed by atoms with Crippen LogP contribution in [0.2, 0.25) is 0 Å². The Labute approximate surface area is 97.3 Å². The van der Waals surface area contributed by atoms with E-state index in [0.29, 0.717) is 0 Å². The number of aryl methyl sites for hydroxylation is 1. The van der Waals surface area contributed by atoms with Crippen LogP contribution in [0.1, 0.15) is 26.2 Å². The number of hydrogen-bond acceptors (Lipinski definition) is 0. The lowest BCUT2D eigenvalue weighted by Gasteiger charge is -2.04. The average Bonchev–Trinajstić information content (AvgIpc) is 2.48. The minimum Gasteiger partial charge on any atom is -1.00 e. The molecule has 2 nitrogen and oxygen atoms in total. The number of alkyl halides is 1. The number of unbranched alkanes of at least 4 members (excludes halogenated alkanes) is 1. The van der Waals surface area contributed by atoms with Crippen LogP contribution >= 0.6 is 11.6 Å². The van der Waals surface area contributed by atoms with E-state index in [-0.39, 0.29) is 17.8 Å². The van der Waals surface area contributed by atoms with Gasteiger partial charge in [-0.2, -0.15) is 0 Å². The molecule has 1 aromatic rings. The Morgan fingerprint density at radius 3 is 2.71 bits per heavy atom. The molecule has 1 unspecified atom stereocenters. The molecule has 82 valence electrons. The fourth-order valence-corrected chi connectivity index (χ4v) is 1.67. The summed E-state index contributed by atoms with van der Waals surface area (Å²) in [6.07, 6.45) is 9.70. The van der Waals surface area contributed by atoms with Crippen molar-refractivity contribution in [1.29, 1.82) is 0 Å². The van der Waals surface area contributed by atoms with Crippen molar-refractivity contribution < 1.29 is 17.0 Å². The van der Waals surface area contributed by atoms with E-state index in [2.05, 4.69) is 24.0 Å². The van der Waals surface area contributed by atoms with E-state index in [9.17, 15) is 0 Å². The molecule has 0 aromatic carbocycles. The lowest BCUT2D eigenvalue weighted by molar-refractivity contribution is -0.671. The van der Waals surface area contributed by atoms with Crippen molar-refractivity contribution in [2.75, 3.05) is 0 Å². The highest BCUT2D eigenvalue weighted by molar-refractivity contribution is 6.20. The summed E-state index contributed by atoms with van der Waals surface area (Å²) in [5, 5.41) is 0.271. The second-order valence-corrected chi connectivity index (χ2v) is 4.13. The molecule has 0 amide bonds. The Bertz CT molecular complexity index is 248. The Kier molecular flexibility index (Phi) is 7.02. The summed E-state index contributed by atoms with van der Waals surface area (Å²) in [5.41, 5.74) is 0. The molecule has 0 saturated carbocycles. The van der Waals surface area contributed by atoms with Crippen molar-refractivity contribution in [3.63, 3.8) is 0 Å². The van der Waals surface area contributed by atoms with Gasteiger partial charge in [-0.05, 0) is 6.42 Å². The molecule has 0 radical (unpaired) electrons. The maximum absolute atomic E-state index is 6.17. The van der Waals surface area contributed by atoms with E-state index in [1.54, 1.807) is 0 Å². The summed E-state index contributed by atoms with van der Waals surface area (Å²) in [7, 11) is 2.02. The predicted molar refractivity (Wildman–Crippen MR) is 54.8 cm³/mol. The van der Waals surface area contributed by atoms with Crippen molar-refractivity contribution in [3.05, 3.63) is 18.7 Å². The second-order valence-electron chi connectivity index (χ2n) is 3.52. The van der Waals surface area contributed by atoms with Gasteiger partial charge in [0.25, 0.3) is 0 Å². The van der Waals surface area contributed by atoms with E-state index < -0.39 is 0 Å². The van der Waals surface area contributed by atoms with Gasteiger partial charge in [0.1, 0.15) is 18.9 Å². The van der Waals surface area contributed by atoms with Crippen molar-refractivity contribution in [2.45, 2.75) is 38.1 Å². The minimum absolute atomic E-state index is 0. The molecule has 1 heterocycles. The molecule has 1 rings (SSSR count). The number of aromatic nitrogens is 2. The molecule has 0 spiro atoms. The van der Waals surface area contributed by atoms with Gasteiger partial charge in [0, 0.05) is 0 Å². The molecular weight excluding hydrogens is 219 g/mol. The van der Waals surface area contributed by atoms with Gasteiger partial charge in [-0.25, -0.2) is 9.13 Å². The molecule has 14 heavy (non-hydrogen) atoms. The topological polar surface area (TPSA) is 8.81 Å². The number of imidazole rings is 1. The van der Waals surface area contributed by atoms with Crippen LogP contribution < -0.4 is 17.0 Å². The summed E-state index contributed by atoms with van der Waals surface area (Å²) in [6, 6.07) is 0. The van der Waals surface area contributed by atoms with E-state index in [4.69, 9.17) is 11.6 Å². The number of halogens is 2. The van der Waals surface area contributed by atoms with Gasteiger partial charge in [0.2, 0.25) is 6.33 Å². The molecule has 0 N–H and O–H groups in total. The molecule has 0 aliphatic heterocycles. The van der Waals surface area contributed by atoms with E-state index in [0.717, 1.165) is 13.0 Å². The summed E-state index contributed by atoms with van der Waals surface area (Å²) >= 11 is 6.17. The van der Waals surface area contributed by atoms with Crippen LogP contribution in [-0.4, -0.2) is 9.94 Å². The van der Waals surface area contributed by atoms with E-state index in [1.165, 1.54) is 12.8 Å². The third-order valence-electron chi connectivity index (χ3n) is 2.10. The largest absolute Gasteiger partial charge is 1.00 e. The van der Waals surface area contributed by atoms with Crippen LogP contribution in [0.4, 0.5) is 0 Å². The fourth-order valence-electron chi connectivity index (χ4n) is 1.36. The number of rotatable bonds is 5. The molecule has 0 fully saturated rings. The molecule has 1 aromatic heterocycles. The molecule has 0 aliphatic carbocycles.